The Morgan fingerprint density at radius 2 is 1.27 bits per heavy atom. The molecule has 0 atom stereocenters. The molecule has 0 fully saturated rings. The quantitative estimate of drug-likeness (QED) is 0.331. The van der Waals surface area contributed by atoms with Crippen LogP contribution in [-0.4, -0.2) is 0 Å². The molecule has 3 rings (SSSR count). The van der Waals surface area contributed by atoms with Crippen molar-refractivity contribution in [2.75, 3.05) is 0 Å². The van der Waals surface area contributed by atoms with Crippen LogP contribution < -0.4 is 0 Å². The normalized spacial score (nSPS) is 13.0. The molecular weight excluding hydrogens is 441 g/mol. The average molecular weight is 475 g/mol. The van der Waals surface area contributed by atoms with Crippen molar-refractivity contribution in [2.24, 2.45) is 0 Å². The van der Waals surface area contributed by atoms with Crippen LogP contribution in [0.1, 0.15) is 81.9 Å². The largest absolute Gasteiger partial charge is 0.144 e. The van der Waals surface area contributed by atoms with Gasteiger partial charge in [-0.25, -0.2) is 0 Å². The summed E-state index contributed by atoms with van der Waals surface area (Å²) >= 11 is 7.79. The SMILES string of the molecule is Cc1cc(CSc2cc(C(C)(C)C)sc2C)sc1C=Cc1sc(C(C)(C)C)cc1C. The van der Waals surface area contributed by atoms with E-state index in [1.54, 1.807) is 0 Å². The van der Waals surface area contributed by atoms with Crippen molar-refractivity contribution in [1.82, 2.24) is 0 Å². The van der Waals surface area contributed by atoms with Gasteiger partial charge in [-0.3, -0.25) is 0 Å². The van der Waals surface area contributed by atoms with Crippen LogP contribution in [0, 0.1) is 20.8 Å². The number of aryl methyl sites for hydroxylation is 3. The minimum Gasteiger partial charge on any atom is -0.144 e. The average Bonchev–Trinajstić information content (AvgIpc) is 3.28. The van der Waals surface area contributed by atoms with Crippen LogP contribution in [0.15, 0.2) is 23.1 Å². The molecule has 0 saturated carbocycles. The first-order valence-electron chi connectivity index (χ1n) is 10.5. The van der Waals surface area contributed by atoms with Crippen LogP contribution in [0.2, 0.25) is 0 Å². The molecule has 4 heteroatoms. The molecule has 0 nitrogen and oxygen atoms in total. The molecule has 0 aliphatic rings. The zero-order chi connectivity index (χ0) is 22.3. The van der Waals surface area contributed by atoms with Gasteiger partial charge in [0.05, 0.1) is 0 Å². The first-order chi connectivity index (χ1) is 13.8. The van der Waals surface area contributed by atoms with Gasteiger partial charge in [-0.2, -0.15) is 0 Å². The van der Waals surface area contributed by atoms with Gasteiger partial charge in [0.15, 0.2) is 0 Å². The van der Waals surface area contributed by atoms with Gasteiger partial charge in [0, 0.05) is 39.9 Å². The van der Waals surface area contributed by atoms with E-state index in [4.69, 9.17) is 0 Å². The Morgan fingerprint density at radius 3 is 1.80 bits per heavy atom. The molecule has 30 heavy (non-hydrogen) atoms. The van der Waals surface area contributed by atoms with E-state index in [0.717, 1.165) is 5.75 Å². The Hall–Kier alpha value is -0.810. The summed E-state index contributed by atoms with van der Waals surface area (Å²) in [6.07, 6.45) is 4.62. The Bertz CT molecular complexity index is 1040. The first kappa shape index (κ1) is 23.8. The number of thiophene rings is 3. The lowest BCUT2D eigenvalue weighted by atomic mass is 9.94. The second-order valence-electron chi connectivity index (χ2n) is 10.1. The molecule has 0 amide bonds. The lowest BCUT2D eigenvalue weighted by Gasteiger charge is -2.15. The van der Waals surface area contributed by atoms with Gasteiger partial charge in [-0.1, -0.05) is 41.5 Å². The number of rotatable bonds is 5. The second-order valence-corrected chi connectivity index (χ2v) is 14.6. The van der Waals surface area contributed by atoms with Crippen LogP contribution in [-0.2, 0) is 16.6 Å². The number of hydrogen-bond acceptors (Lipinski definition) is 4. The van der Waals surface area contributed by atoms with Crippen molar-refractivity contribution in [3.05, 3.63) is 58.6 Å². The van der Waals surface area contributed by atoms with Gasteiger partial charge in [0.1, 0.15) is 0 Å². The maximum atomic E-state index is 2.40. The lowest BCUT2D eigenvalue weighted by molar-refractivity contribution is 0.603. The molecular formula is C26H34S4. The van der Waals surface area contributed by atoms with Gasteiger partial charge >= 0.3 is 0 Å². The maximum Gasteiger partial charge on any atom is 0.0327 e. The molecule has 3 aromatic heterocycles. The molecule has 0 radical (unpaired) electrons. The number of hydrogen-bond donors (Lipinski definition) is 0. The summed E-state index contributed by atoms with van der Waals surface area (Å²) in [6, 6.07) is 7.12. The monoisotopic (exact) mass is 474 g/mol. The minimum absolute atomic E-state index is 0.220. The Kier molecular flexibility index (Phi) is 7.13. The summed E-state index contributed by atoms with van der Waals surface area (Å²) in [7, 11) is 0. The molecule has 3 heterocycles. The predicted octanol–water partition coefficient (Wildman–Crippen LogP) is 9.85. The fourth-order valence-corrected chi connectivity index (χ4v) is 7.67. The van der Waals surface area contributed by atoms with Gasteiger partial charge in [0.25, 0.3) is 0 Å². The predicted molar refractivity (Wildman–Crippen MR) is 143 cm³/mol. The van der Waals surface area contributed by atoms with E-state index in [1.165, 1.54) is 45.3 Å². The topological polar surface area (TPSA) is 0 Å². The van der Waals surface area contributed by atoms with Gasteiger partial charge in [-0.05, 0) is 73.1 Å². The van der Waals surface area contributed by atoms with Crippen molar-refractivity contribution in [3.63, 3.8) is 0 Å². The van der Waals surface area contributed by atoms with Crippen LogP contribution in [0.5, 0.6) is 0 Å². The van der Waals surface area contributed by atoms with Crippen molar-refractivity contribution in [1.29, 1.82) is 0 Å². The van der Waals surface area contributed by atoms with Crippen molar-refractivity contribution in [3.8, 4) is 0 Å². The van der Waals surface area contributed by atoms with Crippen LogP contribution in [0.4, 0.5) is 0 Å². The summed E-state index contributed by atoms with van der Waals surface area (Å²) in [5, 5.41) is 0. The Balaban J connectivity index is 1.71. The maximum absolute atomic E-state index is 2.40. The van der Waals surface area contributed by atoms with Gasteiger partial charge in [-0.15, -0.1) is 45.8 Å². The van der Waals surface area contributed by atoms with Gasteiger partial charge in [0.2, 0.25) is 0 Å². The highest BCUT2D eigenvalue weighted by molar-refractivity contribution is 7.98. The fraction of sp³-hybridized carbons (Fsp3) is 0.462. The fourth-order valence-electron chi connectivity index (χ4n) is 3.11. The molecule has 0 unspecified atom stereocenters. The molecule has 0 bridgehead atoms. The highest BCUT2D eigenvalue weighted by Gasteiger charge is 2.19. The summed E-state index contributed by atoms with van der Waals surface area (Å²) in [6.45, 7) is 20.5. The third kappa shape index (κ3) is 5.70. The molecule has 0 N–H and O–H groups in total. The van der Waals surface area contributed by atoms with Crippen LogP contribution in [0.3, 0.4) is 0 Å². The van der Waals surface area contributed by atoms with E-state index in [9.17, 15) is 0 Å². The summed E-state index contributed by atoms with van der Waals surface area (Å²) in [4.78, 5) is 10.0. The summed E-state index contributed by atoms with van der Waals surface area (Å²) in [5.74, 6) is 1.05. The number of thioether (sulfide) groups is 1. The van der Waals surface area contributed by atoms with E-state index in [2.05, 4.69) is 92.7 Å². The molecule has 0 saturated heterocycles. The van der Waals surface area contributed by atoms with Crippen molar-refractivity contribution in [2.45, 2.75) is 83.8 Å². The highest BCUT2D eigenvalue weighted by atomic mass is 32.2. The van der Waals surface area contributed by atoms with E-state index >= 15 is 0 Å². The minimum atomic E-state index is 0.220. The van der Waals surface area contributed by atoms with Crippen molar-refractivity contribution >= 4 is 57.9 Å². The molecule has 162 valence electrons. The molecule has 0 aliphatic carbocycles. The summed E-state index contributed by atoms with van der Waals surface area (Å²) < 4.78 is 0. The van der Waals surface area contributed by atoms with Crippen LogP contribution >= 0.6 is 45.8 Å². The molecule has 0 aliphatic heterocycles. The van der Waals surface area contributed by atoms with E-state index in [0.29, 0.717) is 0 Å². The Labute approximate surface area is 199 Å². The van der Waals surface area contributed by atoms with E-state index in [-0.39, 0.29) is 10.8 Å². The first-order valence-corrected chi connectivity index (χ1v) is 13.9. The smallest absolute Gasteiger partial charge is 0.0327 e. The third-order valence-electron chi connectivity index (χ3n) is 5.07. The molecule has 0 aromatic carbocycles. The van der Waals surface area contributed by atoms with Crippen molar-refractivity contribution < 1.29 is 0 Å². The summed E-state index contributed by atoms with van der Waals surface area (Å²) in [5.41, 5.74) is 3.22. The highest BCUT2D eigenvalue weighted by Crippen LogP contribution is 2.39. The molecule has 0 spiro atoms. The van der Waals surface area contributed by atoms with E-state index in [1.807, 2.05) is 45.8 Å². The van der Waals surface area contributed by atoms with Gasteiger partial charge < -0.3 is 0 Å². The third-order valence-corrected chi connectivity index (χ3v) is 10.9. The zero-order valence-electron chi connectivity index (χ0n) is 19.7. The lowest BCUT2D eigenvalue weighted by Crippen LogP contribution is -2.07. The Morgan fingerprint density at radius 1 is 0.733 bits per heavy atom. The van der Waals surface area contributed by atoms with Crippen LogP contribution in [0.25, 0.3) is 12.2 Å². The second kappa shape index (κ2) is 8.97. The zero-order valence-corrected chi connectivity index (χ0v) is 23.0. The standard InChI is InChI=1S/C26H34S4/c1-16-12-19(15-27-22-14-24(26(7,8)9)28-18(22)3)29-20(16)10-11-21-17(2)13-23(30-21)25(4,5)6/h10-14H,15H2,1-9H3. The van der Waals surface area contributed by atoms with E-state index < -0.39 is 0 Å². The molecule has 3 aromatic rings.